The first-order chi connectivity index (χ1) is 8.15. The van der Waals surface area contributed by atoms with E-state index in [2.05, 4.69) is 26.8 Å². The highest BCUT2D eigenvalue weighted by Crippen LogP contribution is 2.27. The summed E-state index contributed by atoms with van der Waals surface area (Å²) in [4.78, 5) is 0. The summed E-state index contributed by atoms with van der Waals surface area (Å²) >= 11 is 1.89. The van der Waals surface area contributed by atoms with Gasteiger partial charge in [-0.05, 0) is 17.7 Å². The molecule has 17 heavy (non-hydrogen) atoms. The number of hydrogen-bond donors (Lipinski definition) is 1. The van der Waals surface area contributed by atoms with Crippen molar-refractivity contribution in [3.63, 3.8) is 0 Å². The smallest absolute Gasteiger partial charge is 0.124 e. The van der Waals surface area contributed by atoms with Gasteiger partial charge in [0.1, 0.15) is 5.75 Å². The van der Waals surface area contributed by atoms with Crippen molar-refractivity contribution in [2.24, 2.45) is 5.73 Å². The van der Waals surface area contributed by atoms with E-state index in [1.54, 1.807) is 0 Å². The monoisotopic (exact) mass is 253 g/mol. The van der Waals surface area contributed by atoms with E-state index in [1.165, 1.54) is 0 Å². The van der Waals surface area contributed by atoms with Crippen LogP contribution < -0.4 is 10.5 Å². The molecule has 0 saturated carbocycles. The second kappa shape index (κ2) is 7.62. The molecule has 2 nitrogen and oxygen atoms in total. The zero-order valence-corrected chi connectivity index (χ0v) is 11.8. The Balaban J connectivity index is 2.67. The van der Waals surface area contributed by atoms with Crippen molar-refractivity contribution in [2.45, 2.75) is 38.5 Å². The van der Waals surface area contributed by atoms with E-state index >= 15 is 0 Å². The molecule has 0 fully saturated rings. The summed E-state index contributed by atoms with van der Waals surface area (Å²) in [7, 11) is 0. The maximum Gasteiger partial charge on any atom is 0.124 e. The molecule has 1 unspecified atom stereocenters. The fraction of sp³-hybridized carbons (Fsp3) is 0.571. The summed E-state index contributed by atoms with van der Waals surface area (Å²) in [6, 6.07) is 8.14. The van der Waals surface area contributed by atoms with E-state index in [0.717, 1.165) is 30.1 Å². The zero-order chi connectivity index (χ0) is 12.7. The molecule has 0 heterocycles. The van der Waals surface area contributed by atoms with Crippen molar-refractivity contribution in [1.82, 2.24) is 0 Å². The number of nitrogens with two attached hydrogens (primary N) is 1. The molecule has 3 heteroatoms. The molecule has 0 bridgehead atoms. The molecule has 0 aliphatic carbocycles. The van der Waals surface area contributed by atoms with Gasteiger partial charge >= 0.3 is 0 Å². The average molecular weight is 253 g/mol. The summed E-state index contributed by atoms with van der Waals surface area (Å²) in [5.74, 6) is 1.87. The van der Waals surface area contributed by atoms with Crippen molar-refractivity contribution in [3.05, 3.63) is 29.8 Å². The maximum absolute atomic E-state index is 6.22. The largest absolute Gasteiger partial charge is 0.493 e. The summed E-state index contributed by atoms with van der Waals surface area (Å²) in [5, 5.41) is 0.616. The van der Waals surface area contributed by atoms with Crippen molar-refractivity contribution in [3.8, 4) is 5.75 Å². The predicted octanol–water partition coefficient (Wildman–Crippen LogP) is 3.62. The van der Waals surface area contributed by atoms with E-state index in [-0.39, 0.29) is 6.04 Å². The van der Waals surface area contributed by atoms with Crippen LogP contribution in [0.25, 0.3) is 0 Å². The van der Waals surface area contributed by atoms with Crippen LogP contribution in [-0.4, -0.2) is 17.6 Å². The summed E-state index contributed by atoms with van der Waals surface area (Å²) in [6.45, 7) is 7.24. The van der Waals surface area contributed by atoms with Crippen molar-refractivity contribution in [2.75, 3.05) is 12.4 Å². The highest BCUT2D eigenvalue weighted by Gasteiger charge is 2.12. The second-order valence-electron chi connectivity index (χ2n) is 4.37. The number of thioether (sulfide) groups is 1. The van der Waals surface area contributed by atoms with Gasteiger partial charge in [0.2, 0.25) is 0 Å². The average Bonchev–Trinajstić information content (AvgIpc) is 2.33. The standard InChI is InChI=1S/C14H23NOS/c1-4-9-16-14-8-6-5-7-12(14)13(15)10-17-11(2)3/h5-8,11,13H,4,9-10,15H2,1-3H3. The molecule has 0 spiro atoms. The van der Waals surface area contributed by atoms with E-state index in [1.807, 2.05) is 30.0 Å². The molecule has 1 atom stereocenters. The van der Waals surface area contributed by atoms with E-state index in [9.17, 15) is 0 Å². The number of para-hydroxylation sites is 1. The molecule has 96 valence electrons. The molecule has 0 saturated heterocycles. The van der Waals surface area contributed by atoms with Crippen molar-refractivity contribution in [1.29, 1.82) is 0 Å². The molecule has 0 radical (unpaired) electrons. The third kappa shape index (κ3) is 5.00. The van der Waals surface area contributed by atoms with Gasteiger partial charge in [-0.3, -0.25) is 0 Å². The van der Waals surface area contributed by atoms with Gasteiger partial charge in [-0.15, -0.1) is 0 Å². The molecule has 1 aromatic rings. The number of rotatable bonds is 7. The minimum Gasteiger partial charge on any atom is -0.493 e. The minimum absolute atomic E-state index is 0.0513. The molecule has 1 rings (SSSR count). The van der Waals surface area contributed by atoms with Gasteiger partial charge in [-0.1, -0.05) is 39.0 Å². The van der Waals surface area contributed by atoms with Gasteiger partial charge in [-0.2, -0.15) is 11.8 Å². The van der Waals surface area contributed by atoms with E-state index in [0.29, 0.717) is 5.25 Å². The third-order valence-electron chi connectivity index (χ3n) is 2.39. The first-order valence-electron chi connectivity index (χ1n) is 6.24. The molecule has 0 amide bonds. The van der Waals surface area contributed by atoms with Gasteiger partial charge in [0.05, 0.1) is 6.61 Å². The third-order valence-corrected chi connectivity index (χ3v) is 3.61. The van der Waals surface area contributed by atoms with E-state index in [4.69, 9.17) is 10.5 Å². The Kier molecular flexibility index (Phi) is 6.45. The fourth-order valence-electron chi connectivity index (χ4n) is 1.52. The van der Waals surface area contributed by atoms with Crippen LogP contribution in [0.3, 0.4) is 0 Å². The Bertz CT molecular complexity index is 328. The Morgan fingerprint density at radius 1 is 1.29 bits per heavy atom. The zero-order valence-electron chi connectivity index (χ0n) is 11.0. The normalized spacial score (nSPS) is 12.8. The quantitative estimate of drug-likeness (QED) is 0.806. The molecule has 1 aromatic carbocycles. The number of hydrogen-bond acceptors (Lipinski definition) is 3. The van der Waals surface area contributed by atoms with Gasteiger partial charge in [0.15, 0.2) is 0 Å². The minimum atomic E-state index is 0.0513. The Morgan fingerprint density at radius 3 is 2.65 bits per heavy atom. The first-order valence-corrected chi connectivity index (χ1v) is 7.29. The predicted molar refractivity (Wildman–Crippen MR) is 76.8 cm³/mol. The van der Waals surface area contributed by atoms with Crippen LogP contribution in [0.15, 0.2) is 24.3 Å². The lowest BCUT2D eigenvalue weighted by Gasteiger charge is -2.17. The summed E-state index contributed by atoms with van der Waals surface area (Å²) < 4.78 is 5.72. The van der Waals surface area contributed by atoms with Crippen LogP contribution in [0, 0.1) is 0 Å². The fourth-order valence-corrected chi connectivity index (χ4v) is 2.29. The SMILES string of the molecule is CCCOc1ccccc1C(N)CSC(C)C. The van der Waals surface area contributed by atoms with Gasteiger partial charge in [0.25, 0.3) is 0 Å². The van der Waals surface area contributed by atoms with Crippen LogP contribution in [0.4, 0.5) is 0 Å². The highest BCUT2D eigenvalue weighted by molar-refractivity contribution is 7.99. The van der Waals surface area contributed by atoms with Crippen LogP contribution in [0.5, 0.6) is 5.75 Å². The van der Waals surface area contributed by atoms with Crippen LogP contribution in [0.1, 0.15) is 38.8 Å². The lowest BCUT2D eigenvalue weighted by Crippen LogP contribution is -2.15. The van der Waals surface area contributed by atoms with Gasteiger partial charge in [-0.25, -0.2) is 0 Å². The van der Waals surface area contributed by atoms with Gasteiger partial charge in [0, 0.05) is 17.4 Å². The van der Waals surface area contributed by atoms with Crippen molar-refractivity contribution >= 4 is 11.8 Å². The number of ether oxygens (including phenoxy) is 1. The first kappa shape index (κ1) is 14.4. The Morgan fingerprint density at radius 2 is 2.00 bits per heavy atom. The highest BCUT2D eigenvalue weighted by atomic mass is 32.2. The molecule has 0 aromatic heterocycles. The lowest BCUT2D eigenvalue weighted by molar-refractivity contribution is 0.313. The molecule has 0 aliphatic heterocycles. The van der Waals surface area contributed by atoms with Crippen LogP contribution in [-0.2, 0) is 0 Å². The van der Waals surface area contributed by atoms with Crippen LogP contribution in [0.2, 0.25) is 0 Å². The molecule has 0 aliphatic rings. The summed E-state index contributed by atoms with van der Waals surface area (Å²) in [5.41, 5.74) is 7.33. The molecular weight excluding hydrogens is 230 g/mol. The lowest BCUT2D eigenvalue weighted by atomic mass is 10.1. The Labute approximate surface area is 109 Å². The van der Waals surface area contributed by atoms with Crippen molar-refractivity contribution < 1.29 is 4.74 Å². The Hall–Kier alpha value is -0.670. The summed E-state index contributed by atoms with van der Waals surface area (Å²) in [6.07, 6.45) is 1.02. The molecular formula is C14H23NOS. The van der Waals surface area contributed by atoms with E-state index < -0.39 is 0 Å². The topological polar surface area (TPSA) is 35.2 Å². The van der Waals surface area contributed by atoms with Crippen LogP contribution >= 0.6 is 11.8 Å². The molecule has 2 N–H and O–H groups in total. The van der Waals surface area contributed by atoms with Gasteiger partial charge < -0.3 is 10.5 Å². The second-order valence-corrected chi connectivity index (χ2v) is 5.98. The maximum atomic E-state index is 6.22. The number of benzene rings is 1.